The van der Waals surface area contributed by atoms with Crippen LogP contribution in [0.3, 0.4) is 0 Å². The molecule has 0 saturated carbocycles. The first-order chi connectivity index (χ1) is 8.70. The summed E-state index contributed by atoms with van der Waals surface area (Å²) in [6.45, 7) is 4.31. The van der Waals surface area contributed by atoms with E-state index in [9.17, 15) is 4.79 Å². The standard InChI is InChI=1S/C12H19N5O/c1-2-5-15-9-10-16(12(15)18)6-3-7-17-8-4-11(13)14-17/h4,8-10H,2-3,5-7H2,1H3,(H2,13,14). The maximum Gasteiger partial charge on any atom is 0.328 e. The number of imidazole rings is 1. The van der Waals surface area contributed by atoms with E-state index in [0.717, 1.165) is 25.9 Å². The van der Waals surface area contributed by atoms with Crippen LogP contribution in [0.4, 0.5) is 5.82 Å². The fraction of sp³-hybridized carbons (Fsp3) is 0.500. The van der Waals surface area contributed by atoms with Gasteiger partial charge >= 0.3 is 5.69 Å². The summed E-state index contributed by atoms with van der Waals surface area (Å²) in [5, 5.41) is 4.10. The minimum atomic E-state index is 0.0665. The van der Waals surface area contributed by atoms with Crippen LogP contribution >= 0.6 is 0 Å². The Bertz CT molecular complexity index is 551. The highest BCUT2D eigenvalue weighted by atomic mass is 16.1. The highest BCUT2D eigenvalue weighted by Gasteiger charge is 2.02. The fourth-order valence-electron chi connectivity index (χ4n) is 1.94. The van der Waals surface area contributed by atoms with Crippen molar-refractivity contribution < 1.29 is 0 Å². The molecule has 0 saturated heterocycles. The number of aryl methyl sites for hydroxylation is 3. The zero-order valence-electron chi connectivity index (χ0n) is 10.6. The number of nitrogen functional groups attached to an aromatic ring is 1. The molecule has 0 aliphatic heterocycles. The van der Waals surface area contributed by atoms with Crippen LogP contribution in [0.2, 0.25) is 0 Å². The fourth-order valence-corrected chi connectivity index (χ4v) is 1.94. The van der Waals surface area contributed by atoms with E-state index in [1.807, 2.05) is 18.6 Å². The number of hydrogen-bond donors (Lipinski definition) is 1. The zero-order valence-corrected chi connectivity index (χ0v) is 10.6. The summed E-state index contributed by atoms with van der Waals surface area (Å²) < 4.78 is 5.28. The van der Waals surface area contributed by atoms with Crippen LogP contribution in [0.1, 0.15) is 19.8 Å². The van der Waals surface area contributed by atoms with Gasteiger partial charge in [-0.3, -0.25) is 13.8 Å². The monoisotopic (exact) mass is 249 g/mol. The topological polar surface area (TPSA) is 70.8 Å². The molecule has 0 aliphatic rings. The zero-order chi connectivity index (χ0) is 13.0. The van der Waals surface area contributed by atoms with Crippen molar-refractivity contribution in [3.05, 3.63) is 35.1 Å². The van der Waals surface area contributed by atoms with E-state index >= 15 is 0 Å². The molecule has 0 bridgehead atoms. The molecular formula is C12H19N5O. The van der Waals surface area contributed by atoms with Crippen LogP contribution in [-0.2, 0) is 19.6 Å². The molecule has 0 atom stereocenters. The van der Waals surface area contributed by atoms with Crippen LogP contribution in [0.15, 0.2) is 29.5 Å². The number of anilines is 1. The minimum Gasteiger partial charge on any atom is -0.382 e. The summed E-state index contributed by atoms with van der Waals surface area (Å²) in [6.07, 6.45) is 7.36. The molecule has 18 heavy (non-hydrogen) atoms. The van der Waals surface area contributed by atoms with E-state index < -0.39 is 0 Å². The SMILES string of the molecule is CCCn1ccn(CCCn2ccc(N)n2)c1=O. The Morgan fingerprint density at radius 3 is 2.50 bits per heavy atom. The number of aromatic nitrogens is 4. The molecule has 0 aromatic carbocycles. The molecule has 0 unspecified atom stereocenters. The van der Waals surface area contributed by atoms with Crippen molar-refractivity contribution in [2.45, 2.75) is 39.4 Å². The lowest BCUT2D eigenvalue weighted by atomic mass is 10.4. The predicted molar refractivity (Wildman–Crippen MR) is 70.2 cm³/mol. The van der Waals surface area contributed by atoms with Gasteiger partial charge in [-0.05, 0) is 18.9 Å². The maximum absolute atomic E-state index is 11.9. The van der Waals surface area contributed by atoms with E-state index in [4.69, 9.17) is 5.73 Å². The Balaban J connectivity index is 1.88. The summed E-state index contributed by atoms with van der Waals surface area (Å²) in [6, 6.07) is 1.77. The molecule has 6 heteroatoms. The first-order valence-electron chi connectivity index (χ1n) is 6.25. The molecule has 98 valence electrons. The van der Waals surface area contributed by atoms with Crippen LogP contribution in [0.25, 0.3) is 0 Å². The molecule has 0 amide bonds. The van der Waals surface area contributed by atoms with Gasteiger partial charge in [-0.1, -0.05) is 6.92 Å². The van der Waals surface area contributed by atoms with E-state index in [2.05, 4.69) is 12.0 Å². The van der Waals surface area contributed by atoms with Gasteiger partial charge in [0.2, 0.25) is 0 Å². The lowest BCUT2D eigenvalue weighted by Gasteiger charge is -2.02. The maximum atomic E-state index is 11.9. The Morgan fingerprint density at radius 1 is 1.17 bits per heavy atom. The van der Waals surface area contributed by atoms with E-state index in [-0.39, 0.29) is 5.69 Å². The van der Waals surface area contributed by atoms with Crippen molar-refractivity contribution in [1.29, 1.82) is 0 Å². The Morgan fingerprint density at radius 2 is 1.89 bits per heavy atom. The molecule has 2 aromatic rings. The van der Waals surface area contributed by atoms with Crippen molar-refractivity contribution in [1.82, 2.24) is 18.9 Å². The molecule has 2 rings (SSSR count). The third kappa shape index (κ3) is 2.82. The van der Waals surface area contributed by atoms with Gasteiger partial charge in [0.1, 0.15) is 5.82 Å². The van der Waals surface area contributed by atoms with Gasteiger partial charge in [-0.2, -0.15) is 5.10 Å². The molecule has 2 aromatic heterocycles. The first kappa shape index (κ1) is 12.5. The Labute approximate surface area is 106 Å². The van der Waals surface area contributed by atoms with Crippen molar-refractivity contribution >= 4 is 5.82 Å². The van der Waals surface area contributed by atoms with Crippen LogP contribution in [-0.4, -0.2) is 18.9 Å². The minimum absolute atomic E-state index is 0.0665. The third-order valence-electron chi connectivity index (χ3n) is 2.83. The van der Waals surface area contributed by atoms with Gasteiger partial charge in [0, 0.05) is 38.2 Å². The van der Waals surface area contributed by atoms with Gasteiger partial charge < -0.3 is 5.73 Å². The molecule has 0 aliphatic carbocycles. The third-order valence-corrected chi connectivity index (χ3v) is 2.83. The number of hydrogen-bond acceptors (Lipinski definition) is 3. The van der Waals surface area contributed by atoms with E-state index in [1.54, 1.807) is 19.9 Å². The van der Waals surface area contributed by atoms with Crippen LogP contribution < -0.4 is 11.4 Å². The normalized spacial score (nSPS) is 10.9. The molecule has 0 fully saturated rings. The smallest absolute Gasteiger partial charge is 0.328 e. The summed E-state index contributed by atoms with van der Waals surface area (Å²) in [5.41, 5.74) is 5.60. The van der Waals surface area contributed by atoms with Crippen LogP contribution in [0, 0.1) is 0 Å². The summed E-state index contributed by atoms with van der Waals surface area (Å²) in [7, 11) is 0. The van der Waals surface area contributed by atoms with Crippen LogP contribution in [0.5, 0.6) is 0 Å². The number of rotatable bonds is 6. The van der Waals surface area contributed by atoms with Gasteiger partial charge in [-0.15, -0.1) is 0 Å². The van der Waals surface area contributed by atoms with Gasteiger partial charge in [0.15, 0.2) is 0 Å². The highest BCUT2D eigenvalue weighted by Crippen LogP contribution is 1.98. The van der Waals surface area contributed by atoms with E-state index in [1.165, 1.54) is 0 Å². The summed E-state index contributed by atoms with van der Waals surface area (Å²) in [5.74, 6) is 0.529. The van der Waals surface area contributed by atoms with Gasteiger partial charge in [-0.25, -0.2) is 4.79 Å². The largest absolute Gasteiger partial charge is 0.382 e. The average Bonchev–Trinajstić information content (AvgIpc) is 2.90. The van der Waals surface area contributed by atoms with Crippen molar-refractivity contribution in [2.24, 2.45) is 0 Å². The van der Waals surface area contributed by atoms with Crippen molar-refractivity contribution in [2.75, 3.05) is 5.73 Å². The van der Waals surface area contributed by atoms with Crippen molar-refractivity contribution in [3.63, 3.8) is 0 Å². The molecule has 0 spiro atoms. The average molecular weight is 249 g/mol. The van der Waals surface area contributed by atoms with Gasteiger partial charge in [0.05, 0.1) is 0 Å². The molecule has 2 heterocycles. The lowest BCUT2D eigenvalue weighted by molar-refractivity contribution is 0.512. The van der Waals surface area contributed by atoms with E-state index in [0.29, 0.717) is 12.4 Å². The number of nitrogens with two attached hydrogens (primary N) is 1. The number of nitrogens with zero attached hydrogens (tertiary/aromatic N) is 4. The first-order valence-corrected chi connectivity index (χ1v) is 6.25. The second kappa shape index (κ2) is 5.57. The Hall–Kier alpha value is -1.98. The molecule has 2 N–H and O–H groups in total. The Kier molecular flexibility index (Phi) is 3.86. The summed E-state index contributed by atoms with van der Waals surface area (Å²) in [4.78, 5) is 11.9. The molecule has 0 radical (unpaired) electrons. The predicted octanol–water partition coefficient (Wildman–Crippen LogP) is 0.929. The molecule has 6 nitrogen and oxygen atoms in total. The summed E-state index contributed by atoms with van der Waals surface area (Å²) >= 11 is 0. The lowest BCUT2D eigenvalue weighted by Crippen LogP contribution is -2.24. The van der Waals surface area contributed by atoms with Crippen molar-refractivity contribution in [3.8, 4) is 0 Å². The molecular weight excluding hydrogens is 230 g/mol. The van der Waals surface area contributed by atoms with Gasteiger partial charge in [0.25, 0.3) is 0 Å². The highest BCUT2D eigenvalue weighted by molar-refractivity contribution is 5.23. The quantitative estimate of drug-likeness (QED) is 0.827. The second-order valence-electron chi connectivity index (χ2n) is 4.32. The second-order valence-corrected chi connectivity index (χ2v) is 4.32.